The van der Waals surface area contributed by atoms with E-state index in [1.807, 2.05) is 4.90 Å². The summed E-state index contributed by atoms with van der Waals surface area (Å²) < 4.78 is 28.3. The van der Waals surface area contributed by atoms with Gasteiger partial charge in [0.25, 0.3) is 5.91 Å². The Morgan fingerprint density at radius 2 is 1.48 bits per heavy atom. The molecule has 0 unspecified atom stereocenters. The van der Waals surface area contributed by atoms with Crippen LogP contribution in [0.2, 0.25) is 0 Å². The zero-order valence-corrected chi connectivity index (χ0v) is 25.4. The van der Waals surface area contributed by atoms with E-state index in [2.05, 4.69) is 36.1 Å². The zero-order valence-electron chi connectivity index (χ0n) is 25.4. The van der Waals surface area contributed by atoms with Gasteiger partial charge in [-0.2, -0.15) is 0 Å². The summed E-state index contributed by atoms with van der Waals surface area (Å²) in [5, 5.41) is 0. The fraction of sp³-hybridized carbons (Fsp3) is 0.500. The van der Waals surface area contributed by atoms with E-state index in [4.69, 9.17) is 23.4 Å². The molecule has 2 aromatic carbocycles. The first-order chi connectivity index (χ1) is 20.5. The molecule has 1 aromatic heterocycles. The Kier molecular flexibility index (Phi) is 8.08. The van der Waals surface area contributed by atoms with Gasteiger partial charge in [-0.15, -0.1) is 0 Å². The van der Waals surface area contributed by atoms with E-state index in [0.717, 1.165) is 68.0 Å². The molecule has 0 saturated carbocycles. The van der Waals surface area contributed by atoms with Crippen LogP contribution in [0.5, 0.6) is 23.0 Å². The van der Waals surface area contributed by atoms with Gasteiger partial charge in [0.15, 0.2) is 28.8 Å². The van der Waals surface area contributed by atoms with E-state index >= 15 is 0 Å². The highest BCUT2D eigenvalue weighted by molar-refractivity contribution is 5.92. The predicted octanol–water partition coefficient (Wildman–Crippen LogP) is 6.09. The van der Waals surface area contributed by atoms with E-state index in [0.29, 0.717) is 35.9 Å². The minimum absolute atomic E-state index is 0.0595. The topological polar surface area (TPSA) is 73.6 Å². The lowest BCUT2D eigenvalue weighted by Crippen LogP contribution is -2.47. The Labute approximate surface area is 248 Å². The molecular formula is C34H42N2O6. The molecule has 1 saturated heterocycles. The van der Waals surface area contributed by atoms with Gasteiger partial charge in [-0.3, -0.25) is 9.69 Å². The number of rotatable bonds is 8. The van der Waals surface area contributed by atoms with Gasteiger partial charge >= 0.3 is 0 Å². The lowest BCUT2D eigenvalue weighted by Gasteiger charge is -2.49. The molecule has 0 N–H and O–H groups in total. The maximum atomic E-state index is 13.8. The van der Waals surface area contributed by atoms with Crippen LogP contribution in [0.3, 0.4) is 0 Å². The Morgan fingerprint density at radius 3 is 2.10 bits per heavy atom. The molecule has 8 heteroatoms. The number of carbonyl (C=O) groups excluding carboxylic acids is 1. The molecule has 0 aliphatic carbocycles. The molecule has 1 amide bonds. The van der Waals surface area contributed by atoms with Gasteiger partial charge < -0.3 is 28.3 Å². The maximum Gasteiger partial charge on any atom is 0.290 e. The standard InChI is InChI=1S/C34H42N2O6/c1-6-21-20-35-11-9-22-16-30(38-2)32(40-4)18-25(22)27(35)14-24(21)15-28-26-19-33(41-5)31(39-3)17-23(26)10-12-36(28)34(37)29-8-7-13-42-29/h7-8,13,16-19,21,24,27-28H,6,9-12,14-15,20H2,1-5H3/t21-,24+,27+,28-/m1/s1. The van der Waals surface area contributed by atoms with Crippen LogP contribution in [0.15, 0.2) is 47.1 Å². The molecule has 224 valence electrons. The third-order valence-electron chi connectivity index (χ3n) is 9.82. The van der Waals surface area contributed by atoms with Crippen LogP contribution in [0.1, 0.15) is 71.1 Å². The maximum absolute atomic E-state index is 13.8. The van der Waals surface area contributed by atoms with Gasteiger partial charge in [0, 0.05) is 25.7 Å². The van der Waals surface area contributed by atoms with E-state index < -0.39 is 0 Å². The van der Waals surface area contributed by atoms with Crippen molar-refractivity contribution in [1.82, 2.24) is 9.80 Å². The van der Waals surface area contributed by atoms with Gasteiger partial charge in [0.05, 0.1) is 40.7 Å². The molecule has 3 aromatic rings. The first kappa shape index (κ1) is 28.5. The number of methoxy groups -OCH3 is 4. The number of piperidine rings is 1. The highest BCUT2D eigenvalue weighted by Crippen LogP contribution is 2.49. The molecule has 4 heterocycles. The Bertz CT molecular complexity index is 1420. The molecular weight excluding hydrogens is 532 g/mol. The molecule has 0 radical (unpaired) electrons. The van der Waals surface area contributed by atoms with E-state index in [1.165, 1.54) is 16.7 Å². The summed E-state index contributed by atoms with van der Waals surface area (Å²) in [7, 11) is 6.74. The summed E-state index contributed by atoms with van der Waals surface area (Å²) in [6, 6.07) is 12.3. The van der Waals surface area contributed by atoms with Crippen LogP contribution in [-0.2, 0) is 12.8 Å². The summed E-state index contributed by atoms with van der Waals surface area (Å²) in [5.41, 5.74) is 5.05. The SMILES string of the molecule is CC[C@@H]1CN2CCc3cc(OC)c(OC)cc3[C@@H]2C[C@H]1C[C@@H]1c2cc(OC)c(OC)cc2CCN1C(=O)c1ccco1. The summed E-state index contributed by atoms with van der Waals surface area (Å²) in [4.78, 5) is 18.5. The molecule has 3 aliphatic heterocycles. The largest absolute Gasteiger partial charge is 0.493 e. The summed E-state index contributed by atoms with van der Waals surface area (Å²) in [5.74, 6) is 4.27. The second kappa shape index (κ2) is 11.9. The summed E-state index contributed by atoms with van der Waals surface area (Å²) in [6.07, 6.45) is 6.34. The van der Waals surface area contributed by atoms with E-state index in [1.54, 1.807) is 46.8 Å². The molecule has 0 spiro atoms. The van der Waals surface area contributed by atoms with Gasteiger partial charge in [-0.25, -0.2) is 0 Å². The van der Waals surface area contributed by atoms with Crippen molar-refractivity contribution in [3.63, 3.8) is 0 Å². The number of nitrogens with zero attached hydrogens (tertiary/aromatic N) is 2. The quantitative estimate of drug-likeness (QED) is 0.322. The van der Waals surface area contributed by atoms with Crippen LogP contribution in [-0.4, -0.2) is 63.8 Å². The highest BCUT2D eigenvalue weighted by Gasteiger charge is 2.42. The first-order valence-corrected chi connectivity index (χ1v) is 15.1. The lowest BCUT2D eigenvalue weighted by atomic mass is 9.72. The predicted molar refractivity (Wildman–Crippen MR) is 160 cm³/mol. The summed E-state index contributed by atoms with van der Waals surface area (Å²) >= 11 is 0. The molecule has 6 rings (SSSR count). The third-order valence-corrected chi connectivity index (χ3v) is 9.82. The molecule has 4 atom stereocenters. The zero-order chi connectivity index (χ0) is 29.4. The molecule has 3 aliphatic rings. The van der Waals surface area contributed by atoms with Crippen molar-refractivity contribution >= 4 is 5.91 Å². The van der Waals surface area contributed by atoms with Crippen molar-refractivity contribution in [3.05, 3.63) is 70.7 Å². The number of amides is 1. The van der Waals surface area contributed by atoms with Gasteiger partial charge in [0.2, 0.25) is 0 Å². The highest BCUT2D eigenvalue weighted by atomic mass is 16.5. The van der Waals surface area contributed by atoms with Crippen LogP contribution in [0.25, 0.3) is 0 Å². The van der Waals surface area contributed by atoms with Crippen molar-refractivity contribution in [1.29, 1.82) is 0 Å². The average Bonchev–Trinajstić information content (AvgIpc) is 3.58. The van der Waals surface area contributed by atoms with Crippen molar-refractivity contribution < 1.29 is 28.2 Å². The van der Waals surface area contributed by atoms with Crippen molar-refractivity contribution in [2.24, 2.45) is 11.8 Å². The van der Waals surface area contributed by atoms with Crippen LogP contribution in [0.4, 0.5) is 0 Å². The van der Waals surface area contributed by atoms with Crippen molar-refractivity contribution in [2.75, 3.05) is 48.1 Å². The number of hydrogen-bond acceptors (Lipinski definition) is 7. The van der Waals surface area contributed by atoms with Crippen LogP contribution in [0, 0.1) is 11.8 Å². The molecule has 0 bridgehead atoms. The second-order valence-corrected chi connectivity index (χ2v) is 11.7. The Balaban J connectivity index is 1.37. The number of carbonyl (C=O) groups is 1. The fourth-order valence-corrected chi connectivity index (χ4v) is 7.61. The smallest absolute Gasteiger partial charge is 0.290 e. The van der Waals surface area contributed by atoms with E-state index in [9.17, 15) is 4.79 Å². The third kappa shape index (κ3) is 5.00. The second-order valence-electron chi connectivity index (χ2n) is 11.7. The summed E-state index contributed by atoms with van der Waals surface area (Å²) in [6.45, 7) is 5.03. The number of furan rings is 1. The molecule has 42 heavy (non-hydrogen) atoms. The van der Waals surface area contributed by atoms with Gasteiger partial charge in [-0.05, 0) is 96.2 Å². The first-order valence-electron chi connectivity index (χ1n) is 15.1. The minimum Gasteiger partial charge on any atom is -0.493 e. The molecule has 1 fully saturated rings. The van der Waals surface area contributed by atoms with Crippen LogP contribution < -0.4 is 18.9 Å². The van der Waals surface area contributed by atoms with E-state index in [-0.39, 0.29) is 11.9 Å². The Hall–Kier alpha value is -3.65. The monoisotopic (exact) mass is 574 g/mol. The van der Waals surface area contributed by atoms with Crippen molar-refractivity contribution in [3.8, 4) is 23.0 Å². The minimum atomic E-state index is -0.0924. The fourth-order valence-electron chi connectivity index (χ4n) is 7.61. The van der Waals surface area contributed by atoms with Gasteiger partial charge in [-0.1, -0.05) is 13.3 Å². The number of fused-ring (bicyclic) bond motifs is 4. The van der Waals surface area contributed by atoms with Crippen LogP contribution >= 0.6 is 0 Å². The number of hydrogen-bond donors (Lipinski definition) is 0. The Morgan fingerprint density at radius 1 is 0.857 bits per heavy atom. The average molecular weight is 575 g/mol. The number of benzene rings is 2. The lowest BCUT2D eigenvalue weighted by molar-refractivity contribution is 0.0278. The number of ether oxygens (including phenoxy) is 4. The normalized spacial score (nSPS) is 23.4. The van der Waals surface area contributed by atoms with Gasteiger partial charge in [0.1, 0.15) is 0 Å². The molecule has 8 nitrogen and oxygen atoms in total. The van der Waals surface area contributed by atoms with Crippen molar-refractivity contribution in [2.45, 2.75) is 51.1 Å².